The Bertz CT molecular complexity index is 862. The van der Waals surface area contributed by atoms with Gasteiger partial charge < -0.3 is 19.7 Å². The molecule has 1 saturated heterocycles. The number of carbonyl (C=O) groups is 1. The molecule has 28 heavy (non-hydrogen) atoms. The summed E-state index contributed by atoms with van der Waals surface area (Å²) in [5, 5.41) is 2.77. The molecule has 2 aromatic rings. The van der Waals surface area contributed by atoms with E-state index in [-0.39, 0.29) is 18.6 Å². The molecule has 0 bridgehead atoms. The molecule has 4 rings (SSSR count). The van der Waals surface area contributed by atoms with Gasteiger partial charge in [-0.2, -0.15) is 0 Å². The van der Waals surface area contributed by atoms with Gasteiger partial charge in [0.15, 0.2) is 11.5 Å². The average molecular weight is 383 g/mol. The zero-order valence-corrected chi connectivity index (χ0v) is 15.4. The third-order valence-electron chi connectivity index (χ3n) is 4.86. The van der Waals surface area contributed by atoms with Gasteiger partial charge in [0.05, 0.1) is 0 Å². The van der Waals surface area contributed by atoms with Gasteiger partial charge in [-0.25, -0.2) is 9.18 Å². The predicted molar refractivity (Wildman–Crippen MR) is 103 cm³/mol. The van der Waals surface area contributed by atoms with Crippen LogP contribution in [0, 0.1) is 5.82 Å². The maximum Gasteiger partial charge on any atom is 0.321 e. The van der Waals surface area contributed by atoms with E-state index in [1.165, 1.54) is 17.7 Å². The molecule has 2 aliphatic rings. The first-order valence-corrected chi connectivity index (χ1v) is 9.26. The van der Waals surface area contributed by atoms with Crippen LogP contribution in [0.15, 0.2) is 48.7 Å². The van der Waals surface area contributed by atoms with Crippen molar-refractivity contribution in [2.45, 2.75) is 6.54 Å². The summed E-state index contributed by atoms with van der Waals surface area (Å²) in [5.41, 5.74) is 2.00. The molecule has 1 N–H and O–H groups in total. The lowest BCUT2D eigenvalue weighted by Gasteiger charge is -2.34. The molecule has 0 aromatic heterocycles. The first-order valence-electron chi connectivity index (χ1n) is 9.26. The van der Waals surface area contributed by atoms with Crippen molar-refractivity contribution in [2.24, 2.45) is 0 Å². The molecule has 6 nitrogen and oxygen atoms in total. The van der Waals surface area contributed by atoms with Gasteiger partial charge in [-0.05, 0) is 41.5 Å². The summed E-state index contributed by atoms with van der Waals surface area (Å²) in [6, 6.07) is 12.0. The maximum absolute atomic E-state index is 12.9. The Morgan fingerprint density at radius 2 is 1.79 bits per heavy atom. The molecule has 2 amide bonds. The highest BCUT2D eigenvalue weighted by atomic mass is 19.1. The number of halogens is 1. The second kappa shape index (κ2) is 8.31. The molecule has 2 aromatic carbocycles. The zero-order chi connectivity index (χ0) is 19.3. The maximum atomic E-state index is 12.9. The molecule has 0 aliphatic carbocycles. The monoisotopic (exact) mass is 383 g/mol. The number of hydrogen-bond acceptors (Lipinski definition) is 4. The number of rotatable bonds is 4. The van der Waals surface area contributed by atoms with Crippen LogP contribution in [0.2, 0.25) is 0 Å². The Hall–Kier alpha value is -3.06. The van der Waals surface area contributed by atoms with Crippen LogP contribution in [0.5, 0.6) is 11.5 Å². The van der Waals surface area contributed by atoms with Gasteiger partial charge in [-0.1, -0.05) is 18.2 Å². The third-order valence-corrected chi connectivity index (χ3v) is 4.86. The molecule has 2 heterocycles. The van der Waals surface area contributed by atoms with Gasteiger partial charge in [0.2, 0.25) is 6.79 Å². The van der Waals surface area contributed by atoms with Crippen LogP contribution in [-0.4, -0.2) is 48.8 Å². The molecular weight excluding hydrogens is 361 g/mol. The van der Waals surface area contributed by atoms with Crippen molar-refractivity contribution in [3.63, 3.8) is 0 Å². The summed E-state index contributed by atoms with van der Waals surface area (Å²) in [5.74, 6) is 1.31. The van der Waals surface area contributed by atoms with Gasteiger partial charge in [0.25, 0.3) is 0 Å². The van der Waals surface area contributed by atoms with Crippen molar-refractivity contribution in [1.29, 1.82) is 0 Å². The molecule has 0 radical (unpaired) electrons. The van der Waals surface area contributed by atoms with Crippen molar-refractivity contribution in [2.75, 3.05) is 33.0 Å². The lowest BCUT2D eigenvalue weighted by molar-refractivity contribution is 0.137. The average Bonchev–Trinajstić information content (AvgIpc) is 3.18. The lowest BCUT2D eigenvalue weighted by atomic mass is 10.1. The van der Waals surface area contributed by atoms with Crippen LogP contribution in [0.1, 0.15) is 11.1 Å². The second-order valence-electron chi connectivity index (χ2n) is 6.79. The van der Waals surface area contributed by atoms with Crippen molar-refractivity contribution in [3.05, 3.63) is 65.6 Å². The fourth-order valence-corrected chi connectivity index (χ4v) is 3.28. The summed E-state index contributed by atoms with van der Waals surface area (Å²) in [7, 11) is 0. The number of fused-ring (bicyclic) bond motifs is 1. The highest BCUT2D eigenvalue weighted by Crippen LogP contribution is 2.32. The Balaban J connectivity index is 1.23. The number of piperazine rings is 1. The van der Waals surface area contributed by atoms with Crippen molar-refractivity contribution in [1.82, 2.24) is 15.1 Å². The van der Waals surface area contributed by atoms with Gasteiger partial charge in [-0.3, -0.25) is 4.90 Å². The number of benzene rings is 2. The number of amides is 2. The van der Waals surface area contributed by atoms with Crippen molar-refractivity contribution in [3.8, 4) is 11.5 Å². The van der Waals surface area contributed by atoms with Crippen LogP contribution >= 0.6 is 0 Å². The van der Waals surface area contributed by atoms with E-state index in [0.717, 1.165) is 36.7 Å². The number of carbonyl (C=O) groups excluding carboxylic acids is 1. The largest absolute Gasteiger partial charge is 0.454 e. The molecule has 0 spiro atoms. The van der Waals surface area contributed by atoms with Gasteiger partial charge in [0.1, 0.15) is 5.82 Å². The molecule has 0 saturated carbocycles. The number of hydrogen-bond donors (Lipinski definition) is 1. The molecular formula is C21H22FN3O3. The number of nitrogens with zero attached hydrogens (tertiary/aromatic N) is 2. The second-order valence-corrected chi connectivity index (χ2v) is 6.79. The van der Waals surface area contributed by atoms with Gasteiger partial charge in [-0.15, -0.1) is 0 Å². The van der Waals surface area contributed by atoms with Crippen LogP contribution in [0.25, 0.3) is 6.08 Å². The quantitative estimate of drug-likeness (QED) is 0.882. The van der Waals surface area contributed by atoms with E-state index in [4.69, 9.17) is 9.47 Å². The highest BCUT2D eigenvalue weighted by Gasteiger charge is 2.21. The Kier molecular flexibility index (Phi) is 5.43. The van der Waals surface area contributed by atoms with Crippen LogP contribution in [0.3, 0.4) is 0 Å². The van der Waals surface area contributed by atoms with E-state index in [0.29, 0.717) is 13.1 Å². The van der Waals surface area contributed by atoms with Gasteiger partial charge in [0, 0.05) is 38.9 Å². The Morgan fingerprint density at radius 1 is 1.04 bits per heavy atom. The smallest absolute Gasteiger partial charge is 0.321 e. The lowest BCUT2D eigenvalue weighted by Crippen LogP contribution is -2.50. The molecule has 2 aliphatic heterocycles. The van der Waals surface area contributed by atoms with E-state index in [1.807, 2.05) is 18.2 Å². The normalized spacial score (nSPS) is 16.5. The van der Waals surface area contributed by atoms with Gasteiger partial charge >= 0.3 is 6.03 Å². The standard InChI is InChI=1S/C21H22FN3O3/c22-18-4-1-16(2-5-18)7-8-23-21(26)25-11-9-24(10-12-25)14-17-3-6-19-20(13-17)28-15-27-19/h1-8,13H,9-12,14-15H2,(H,23,26)/b8-7+. The molecule has 146 valence electrons. The Morgan fingerprint density at radius 3 is 2.57 bits per heavy atom. The Labute approximate surface area is 163 Å². The highest BCUT2D eigenvalue weighted by molar-refractivity contribution is 5.76. The van der Waals surface area contributed by atoms with Crippen LogP contribution < -0.4 is 14.8 Å². The fourth-order valence-electron chi connectivity index (χ4n) is 3.28. The number of ether oxygens (including phenoxy) is 2. The molecule has 0 unspecified atom stereocenters. The minimum atomic E-state index is -0.278. The van der Waals surface area contributed by atoms with Crippen LogP contribution in [-0.2, 0) is 6.54 Å². The summed E-state index contributed by atoms with van der Waals surface area (Å²) < 4.78 is 23.7. The summed E-state index contributed by atoms with van der Waals surface area (Å²) >= 11 is 0. The van der Waals surface area contributed by atoms with E-state index in [1.54, 1.807) is 29.3 Å². The summed E-state index contributed by atoms with van der Waals surface area (Å²) in [4.78, 5) is 16.4. The van der Waals surface area contributed by atoms with E-state index in [9.17, 15) is 9.18 Å². The summed E-state index contributed by atoms with van der Waals surface area (Å²) in [6.45, 7) is 4.05. The minimum Gasteiger partial charge on any atom is -0.454 e. The number of urea groups is 1. The molecule has 0 atom stereocenters. The topological polar surface area (TPSA) is 54.0 Å². The first-order chi connectivity index (χ1) is 13.7. The minimum absolute atomic E-state index is 0.124. The first kappa shape index (κ1) is 18.3. The number of nitrogens with one attached hydrogen (secondary N) is 1. The van der Waals surface area contributed by atoms with Crippen molar-refractivity contribution >= 4 is 12.1 Å². The third kappa shape index (κ3) is 4.43. The van der Waals surface area contributed by atoms with Crippen molar-refractivity contribution < 1.29 is 18.7 Å². The van der Waals surface area contributed by atoms with E-state index in [2.05, 4.69) is 10.2 Å². The fraction of sp³-hybridized carbons (Fsp3) is 0.286. The van der Waals surface area contributed by atoms with Crippen LogP contribution in [0.4, 0.5) is 9.18 Å². The van der Waals surface area contributed by atoms with E-state index >= 15 is 0 Å². The van der Waals surface area contributed by atoms with E-state index < -0.39 is 0 Å². The zero-order valence-electron chi connectivity index (χ0n) is 15.4. The predicted octanol–water partition coefficient (Wildman–Crippen LogP) is 3.05. The molecule has 7 heteroatoms. The summed E-state index contributed by atoms with van der Waals surface area (Å²) in [6.07, 6.45) is 3.34. The molecule has 1 fully saturated rings. The SMILES string of the molecule is O=C(N/C=C/c1ccc(F)cc1)N1CCN(Cc2ccc3c(c2)OCO3)CC1.